The van der Waals surface area contributed by atoms with Gasteiger partial charge in [-0.1, -0.05) is 0 Å². The zero-order chi connectivity index (χ0) is 18.4. The molecule has 130 valence electrons. The highest BCUT2D eigenvalue weighted by Gasteiger charge is 2.20. The fraction of sp³-hybridized carbons (Fsp3) is 0.167. The van der Waals surface area contributed by atoms with Crippen LogP contribution < -0.4 is 15.8 Å². The maximum atomic E-state index is 12.3. The molecule has 2 amide bonds. The van der Waals surface area contributed by atoms with Crippen LogP contribution in [0.1, 0.15) is 27.6 Å². The van der Waals surface area contributed by atoms with Crippen LogP contribution in [-0.2, 0) is 4.74 Å². The molecule has 0 aliphatic rings. The largest absolute Gasteiger partial charge is 0.497 e. The Morgan fingerprint density at radius 3 is 2.04 bits per heavy atom. The smallest absolute Gasteiger partial charge is 0.338 e. The molecule has 0 fully saturated rings. The molecule has 7 nitrogen and oxygen atoms in total. The Labute approximate surface area is 144 Å². The Kier molecular flexibility index (Phi) is 5.73. The first-order valence-corrected chi connectivity index (χ1v) is 7.46. The number of ether oxygens (including phenoxy) is 2. The van der Waals surface area contributed by atoms with E-state index in [4.69, 9.17) is 15.2 Å². The predicted molar refractivity (Wildman–Crippen MR) is 91.9 cm³/mol. The fourth-order valence-electron chi connectivity index (χ4n) is 2.10. The highest BCUT2D eigenvalue weighted by atomic mass is 16.5. The van der Waals surface area contributed by atoms with Crippen LogP contribution in [0.3, 0.4) is 0 Å². The van der Waals surface area contributed by atoms with Gasteiger partial charge in [-0.2, -0.15) is 0 Å². The fourth-order valence-corrected chi connectivity index (χ4v) is 2.10. The minimum atomic E-state index is -0.940. The molecule has 3 N–H and O–H groups in total. The first kappa shape index (κ1) is 18.0. The number of anilines is 1. The lowest BCUT2D eigenvalue weighted by Gasteiger charge is -2.13. The lowest BCUT2D eigenvalue weighted by atomic mass is 10.1. The van der Waals surface area contributed by atoms with E-state index in [0.717, 1.165) is 0 Å². The van der Waals surface area contributed by atoms with Crippen molar-refractivity contribution in [3.8, 4) is 5.75 Å². The molecule has 0 radical (unpaired) electrons. The number of amides is 2. The number of urea groups is 1. The van der Waals surface area contributed by atoms with Gasteiger partial charge in [-0.15, -0.1) is 0 Å². The van der Waals surface area contributed by atoms with Gasteiger partial charge in [0.2, 0.25) is 5.78 Å². The van der Waals surface area contributed by atoms with Gasteiger partial charge >= 0.3 is 12.0 Å². The van der Waals surface area contributed by atoms with Crippen LogP contribution in [0.25, 0.3) is 0 Å². The van der Waals surface area contributed by atoms with Gasteiger partial charge in [0, 0.05) is 11.3 Å². The molecule has 7 heteroatoms. The molecule has 0 aliphatic carbocycles. The molecule has 2 aromatic carbocycles. The van der Waals surface area contributed by atoms with Crippen LogP contribution in [0.2, 0.25) is 0 Å². The molecule has 0 saturated heterocycles. The third kappa shape index (κ3) is 4.81. The second-order valence-corrected chi connectivity index (χ2v) is 5.21. The number of benzene rings is 2. The van der Waals surface area contributed by atoms with Gasteiger partial charge in [0.1, 0.15) is 5.75 Å². The van der Waals surface area contributed by atoms with Gasteiger partial charge < -0.3 is 20.5 Å². The van der Waals surface area contributed by atoms with Gasteiger partial charge in [0.15, 0.2) is 6.10 Å². The minimum Gasteiger partial charge on any atom is -0.497 e. The monoisotopic (exact) mass is 342 g/mol. The third-order valence-corrected chi connectivity index (χ3v) is 3.42. The van der Waals surface area contributed by atoms with E-state index in [2.05, 4.69) is 5.32 Å². The summed E-state index contributed by atoms with van der Waals surface area (Å²) in [6.07, 6.45) is -0.940. The summed E-state index contributed by atoms with van der Waals surface area (Å²) in [5.74, 6) is -0.325. The zero-order valence-electron chi connectivity index (χ0n) is 13.8. The Bertz CT molecular complexity index is 769. The highest BCUT2D eigenvalue weighted by Crippen LogP contribution is 2.15. The van der Waals surface area contributed by atoms with Crippen LogP contribution in [-0.4, -0.2) is 31.0 Å². The number of ketones is 1. The van der Waals surface area contributed by atoms with E-state index in [-0.39, 0.29) is 11.3 Å². The van der Waals surface area contributed by atoms with Crippen LogP contribution in [0.15, 0.2) is 48.5 Å². The SMILES string of the molecule is COc1ccc(C(=O)C(C)OC(=O)c2ccc(NC(N)=O)cc2)cc1. The van der Waals surface area contributed by atoms with Crippen molar-refractivity contribution in [3.05, 3.63) is 59.7 Å². The number of carbonyl (C=O) groups excluding carboxylic acids is 3. The molecule has 2 rings (SSSR count). The molecule has 1 atom stereocenters. The zero-order valence-corrected chi connectivity index (χ0v) is 13.8. The quantitative estimate of drug-likeness (QED) is 0.620. The summed E-state index contributed by atoms with van der Waals surface area (Å²) in [7, 11) is 1.53. The molecule has 0 aliphatic heterocycles. The number of nitrogens with one attached hydrogen (secondary N) is 1. The van der Waals surface area contributed by atoms with Crippen molar-refractivity contribution in [2.75, 3.05) is 12.4 Å². The lowest BCUT2D eigenvalue weighted by molar-refractivity contribution is 0.0319. The Hall–Kier alpha value is -3.35. The van der Waals surface area contributed by atoms with Gasteiger partial charge in [-0.05, 0) is 55.5 Å². The molecule has 0 aromatic heterocycles. The van der Waals surface area contributed by atoms with Crippen molar-refractivity contribution in [1.29, 1.82) is 0 Å². The maximum Gasteiger partial charge on any atom is 0.338 e. The van der Waals surface area contributed by atoms with Crippen molar-refractivity contribution < 1.29 is 23.9 Å². The number of hydrogen-bond acceptors (Lipinski definition) is 5. The van der Waals surface area contributed by atoms with Crippen molar-refractivity contribution >= 4 is 23.5 Å². The minimum absolute atomic E-state index is 0.254. The molecule has 25 heavy (non-hydrogen) atoms. The summed E-state index contributed by atoms with van der Waals surface area (Å²) >= 11 is 0. The van der Waals surface area contributed by atoms with Crippen LogP contribution in [0, 0.1) is 0 Å². The molecule has 1 unspecified atom stereocenters. The van der Waals surface area contributed by atoms with E-state index in [1.165, 1.54) is 38.3 Å². The molecule has 0 bridgehead atoms. The summed E-state index contributed by atoms with van der Waals surface area (Å²) in [4.78, 5) is 35.2. The first-order valence-electron chi connectivity index (χ1n) is 7.46. The average Bonchev–Trinajstić information content (AvgIpc) is 2.61. The summed E-state index contributed by atoms with van der Waals surface area (Å²) in [5.41, 5.74) is 6.13. The third-order valence-electron chi connectivity index (χ3n) is 3.42. The predicted octanol–water partition coefficient (Wildman–Crippen LogP) is 2.61. The van der Waals surface area contributed by atoms with Gasteiger partial charge in [-0.3, -0.25) is 4.79 Å². The Balaban J connectivity index is 2.00. The Morgan fingerprint density at radius 2 is 1.52 bits per heavy atom. The van der Waals surface area contributed by atoms with E-state index in [0.29, 0.717) is 17.0 Å². The number of hydrogen-bond donors (Lipinski definition) is 2. The van der Waals surface area contributed by atoms with Crippen LogP contribution in [0.5, 0.6) is 5.75 Å². The number of nitrogens with two attached hydrogens (primary N) is 1. The van der Waals surface area contributed by atoms with E-state index in [1.54, 1.807) is 24.3 Å². The first-order chi connectivity index (χ1) is 11.9. The second-order valence-electron chi connectivity index (χ2n) is 5.21. The van der Waals surface area contributed by atoms with Crippen molar-refractivity contribution in [2.45, 2.75) is 13.0 Å². The summed E-state index contributed by atoms with van der Waals surface area (Å²) < 4.78 is 10.2. The van der Waals surface area contributed by atoms with Gasteiger partial charge in [0.25, 0.3) is 0 Å². The summed E-state index contributed by atoms with van der Waals surface area (Å²) in [6.45, 7) is 1.51. The number of methoxy groups -OCH3 is 1. The highest BCUT2D eigenvalue weighted by molar-refractivity contribution is 6.01. The van der Waals surface area contributed by atoms with Crippen molar-refractivity contribution in [2.24, 2.45) is 5.73 Å². The number of primary amides is 1. The molecule has 0 saturated carbocycles. The van der Waals surface area contributed by atoms with E-state index in [1.807, 2.05) is 0 Å². The Morgan fingerprint density at radius 1 is 0.960 bits per heavy atom. The van der Waals surface area contributed by atoms with Crippen LogP contribution in [0.4, 0.5) is 10.5 Å². The van der Waals surface area contributed by atoms with Crippen LogP contribution >= 0.6 is 0 Å². The number of carbonyl (C=O) groups is 3. The number of Topliss-reactive ketones (excluding diaryl/α,β-unsaturated/α-hetero) is 1. The standard InChI is InChI=1S/C18H18N2O5/c1-11(16(21)12-5-9-15(24-2)10-6-12)25-17(22)13-3-7-14(8-4-13)20-18(19)23/h3-11H,1-2H3,(H3,19,20,23). The summed E-state index contributed by atoms with van der Waals surface area (Å²) in [5, 5.41) is 2.38. The van der Waals surface area contributed by atoms with Gasteiger partial charge in [-0.25, -0.2) is 9.59 Å². The molecular weight excluding hydrogens is 324 g/mol. The second kappa shape index (κ2) is 7.96. The summed E-state index contributed by atoms with van der Waals surface area (Å²) in [6, 6.07) is 11.8. The van der Waals surface area contributed by atoms with E-state index < -0.39 is 18.1 Å². The van der Waals surface area contributed by atoms with Gasteiger partial charge in [0.05, 0.1) is 12.7 Å². The molecular formula is C18H18N2O5. The molecule has 0 heterocycles. The van der Waals surface area contributed by atoms with E-state index >= 15 is 0 Å². The number of rotatable bonds is 6. The van der Waals surface area contributed by atoms with E-state index in [9.17, 15) is 14.4 Å². The topological polar surface area (TPSA) is 108 Å². The number of esters is 1. The molecule has 0 spiro atoms. The van der Waals surface area contributed by atoms with Crippen molar-refractivity contribution in [3.63, 3.8) is 0 Å². The average molecular weight is 342 g/mol. The molecule has 2 aromatic rings. The van der Waals surface area contributed by atoms with Crippen molar-refractivity contribution in [1.82, 2.24) is 0 Å². The maximum absolute atomic E-state index is 12.3. The lowest BCUT2D eigenvalue weighted by Crippen LogP contribution is -2.24. The normalized spacial score (nSPS) is 11.3.